The van der Waals surface area contributed by atoms with Gasteiger partial charge in [-0.15, -0.1) is 0 Å². The molecule has 2 nitrogen and oxygen atoms in total. The SMILES string of the molecule is CCCNc1cc(C(C)(C)C)nc2cc(Cl)c(F)c(Cl)c12. The standard InChI is InChI=1S/C16H19Cl2FN2/c1-5-6-20-10-8-12(16(2,3)4)21-11-7-9(17)15(19)14(18)13(10)11/h7-8H,5-6H2,1-4H3,(H,20,21). The van der Waals surface area contributed by atoms with Crippen LogP contribution in [-0.2, 0) is 5.41 Å². The van der Waals surface area contributed by atoms with Crippen molar-refractivity contribution in [2.45, 2.75) is 39.5 Å². The zero-order valence-corrected chi connectivity index (χ0v) is 14.2. The number of fused-ring (bicyclic) bond motifs is 1. The lowest BCUT2D eigenvalue weighted by Crippen LogP contribution is -2.15. The van der Waals surface area contributed by atoms with Crippen molar-refractivity contribution in [2.24, 2.45) is 0 Å². The Morgan fingerprint density at radius 1 is 1.24 bits per heavy atom. The van der Waals surface area contributed by atoms with E-state index in [1.807, 2.05) is 6.07 Å². The second-order valence-corrected chi connectivity index (χ2v) is 6.90. The molecule has 0 amide bonds. The van der Waals surface area contributed by atoms with Crippen LogP contribution in [0.3, 0.4) is 0 Å². The number of pyridine rings is 1. The molecular formula is C16H19Cl2FN2. The molecule has 0 fully saturated rings. The average molecular weight is 329 g/mol. The monoisotopic (exact) mass is 328 g/mol. The lowest BCUT2D eigenvalue weighted by molar-refractivity contribution is 0.571. The first kappa shape index (κ1) is 16.3. The number of nitrogens with one attached hydrogen (secondary N) is 1. The third-order valence-electron chi connectivity index (χ3n) is 3.27. The van der Waals surface area contributed by atoms with E-state index in [1.54, 1.807) is 0 Å². The quantitative estimate of drug-likeness (QED) is 0.720. The molecule has 5 heteroatoms. The Bertz CT molecular complexity index is 678. The van der Waals surface area contributed by atoms with Crippen LogP contribution in [0.25, 0.3) is 10.9 Å². The van der Waals surface area contributed by atoms with Gasteiger partial charge >= 0.3 is 0 Å². The summed E-state index contributed by atoms with van der Waals surface area (Å²) in [5.74, 6) is -0.601. The Balaban J connectivity index is 2.78. The summed E-state index contributed by atoms with van der Waals surface area (Å²) in [5, 5.41) is 3.90. The Labute approximate surface area is 134 Å². The molecule has 0 saturated carbocycles. The maximum atomic E-state index is 14.0. The molecule has 0 radical (unpaired) electrons. The second-order valence-electron chi connectivity index (χ2n) is 6.11. The van der Waals surface area contributed by atoms with Crippen molar-refractivity contribution in [1.29, 1.82) is 0 Å². The van der Waals surface area contributed by atoms with E-state index in [-0.39, 0.29) is 15.5 Å². The van der Waals surface area contributed by atoms with Gasteiger partial charge < -0.3 is 5.32 Å². The van der Waals surface area contributed by atoms with Crippen molar-refractivity contribution in [3.05, 3.63) is 33.7 Å². The highest BCUT2D eigenvalue weighted by atomic mass is 35.5. The maximum absolute atomic E-state index is 14.0. The van der Waals surface area contributed by atoms with Gasteiger partial charge in [-0.25, -0.2) is 4.39 Å². The summed E-state index contributed by atoms with van der Waals surface area (Å²) in [4.78, 5) is 4.60. The van der Waals surface area contributed by atoms with Gasteiger partial charge in [0.05, 0.1) is 15.6 Å². The molecule has 1 N–H and O–H groups in total. The smallest absolute Gasteiger partial charge is 0.161 e. The number of hydrogen-bond donors (Lipinski definition) is 1. The Morgan fingerprint density at radius 2 is 1.90 bits per heavy atom. The number of benzene rings is 1. The molecule has 0 atom stereocenters. The van der Waals surface area contributed by atoms with E-state index < -0.39 is 5.82 Å². The largest absolute Gasteiger partial charge is 0.384 e. The van der Waals surface area contributed by atoms with E-state index in [2.05, 4.69) is 38.0 Å². The molecular weight excluding hydrogens is 310 g/mol. The molecule has 0 aliphatic heterocycles. The number of halogens is 3. The van der Waals surface area contributed by atoms with Crippen molar-refractivity contribution in [1.82, 2.24) is 4.98 Å². The number of nitrogens with zero attached hydrogens (tertiary/aromatic N) is 1. The van der Waals surface area contributed by atoms with Crippen LogP contribution in [0.1, 0.15) is 39.8 Å². The highest BCUT2D eigenvalue weighted by molar-refractivity contribution is 6.39. The summed E-state index contributed by atoms with van der Waals surface area (Å²) in [6.45, 7) is 9.09. The van der Waals surface area contributed by atoms with Gasteiger partial charge in [0.15, 0.2) is 5.82 Å². The van der Waals surface area contributed by atoms with Crippen LogP contribution in [-0.4, -0.2) is 11.5 Å². The average Bonchev–Trinajstić information content (AvgIpc) is 2.40. The summed E-state index contributed by atoms with van der Waals surface area (Å²) in [6, 6.07) is 3.47. The Morgan fingerprint density at radius 3 is 2.48 bits per heavy atom. The van der Waals surface area contributed by atoms with Gasteiger partial charge in [0, 0.05) is 28.7 Å². The molecule has 1 heterocycles. The van der Waals surface area contributed by atoms with Gasteiger partial charge in [-0.3, -0.25) is 4.98 Å². The molecule has 2 aromatic rings. The van der Waals surface area contributed by atoms with E-state index in [0.717, 1.165) is 24.3 Å². The molecule has 114 valence electrons. The van der Waals surface area contributed by atoms with Crippen LogP contribution in [0.2, 0.25) is 10.0 Å². The predicted octanol–water partition coefficient (Wildman–Crippen LogP) is 5.80. The molecule has 1 aromatic heterocycles. The first-order valence-corrected chi connectivity index (χ1v) is 7.74. The minimum Gasteiger partial charge on any atom is -0.384 e. The molecule has 0 aliphatic rings. The Kier molecular flexibility index (Phi) is 4.64. The van der Waals surface area contributed by atoms with Gasteiger partial charge in [0.2, 0.25) is 0 Å². The van der Waals surface area contributed by atoms with Crippen molar-refractivity contribution >= 4 is 39.8 Å². The number of anilines is 1. The minimum absolute atomic E-state index is 0.00694. The fourth-order valence-electron chi connectivity index (χ4n) is 2.08. The van der Waals surface area contributed by atoms with Crippen molar-refractivity contribution in [2.75, 3.05) is 11.9 Å². The summed E-state index contributed by atoms with van der Waals surface area (Å²) in [6.07, 6.45) is 0.961. The van der Waals surface area contributed by atoms with E-state index in [9.17, 15) is 4.39 Å². The van der Waals surface area contributed by atoms with Gasteiger partial charge in [-0.05, 0) is 18.6 Å². The van der Waals surface area contributed by atoms with Crippen LogP contribution in [0.4, 0.5) is 10.1 Å². The van der Waals surface area contributed by atoms with Crippen molar-refractivity contribution < 1.29 is 4.39 Å². The van der Waals surface area contributed by atoms with E-state index in [4.69, 9.17) is 23.2 Å². The van der Waals surface area contributed by atoms with Crippen LogP contribution >= 0.6 is 23.2 Å². The summed E-state index contributed by atoms with van der Waals surface area (Å²) in [5.41, 5.74) is 2.20. The fourth-order valence-corrected chi connectivity index (χ4v) is 2.63. The number of hydrogen-bond acceptors (Lipinski definition) is 2. The number of rotatable bonds is 3. The second kappa shape index (κ2) is 5.98. The first-order valence-electron chi connectivity index (χ1n) is 6.98. The van der Waals surface area contributed by atoms with Crippen LogP contribution in [0, 0.1) is 5.82 Å². The lowest BCUT2D eigenvalue weighted by Gasteiger charge is -2.21. The highest BCUT2D eigenvalue weighted by Crippen LogP contribution is 2.37. The maximum Gasteiger partial charge on any atom is 0.161 e. The minimum atomic E-state index is -0.601. The van der Waals surface area contributed by atoms with Crippen LogP contribution < -0.4 is 5.32 Å². The zero-order valence-electron chi connectivity index (χ0n) is 12.7. The Hall–Kier alpha value is -1.06. The van der Waals surface area contributed by atoms with Gasteiger partial charge in [-0.2, -0.15) is 0 Å². The fraction of sp³-hybridized carbons (Fsp3) is 0.438. The molecule has 2 rings (SSSR count). The number of aromatic nitrogens is 1. The van der Waals surface area contributed by atoms with E-state index >= 15 is 0 Å². The molecule has 0 bridgehead atoms. The van der Waals surface area contributed by atoms with Gasteiger partial charge in [0.1, 0.15) is 0 Å². The zero-order chi connectivity index (χ0) is 15.8. The third kappa shape index (κ3) is 3.24. The summed E-state index contributed by atoms with van der Waals surface area (Å²) in [7, 11) is 0. The summed E-state index contributed by atoms with van der Waals surface area (Å²) >= 11 is 12.0. The first-order chi connectivity index (χ1) is 9.75. The lowest BCUT2D eigenvalue weighted by atomic mass is 9.90. The third-order valence-corrected chi connectivity index (χ3v) is 3.90. The normalized spacial score (nSPS) is 12.0. The molecule has 0 aliphatic carbocycles. The van der Waals surface area contributed by atoms with E-state index in [0.29, 0.717) is 10.9 Å². The molecule has 0 spiro atoms. The summed E-state index contributed by atoms with van der Waals surface area (Å²) < 4.78 is 14.0. The molecule has 0 unspecified atom stereocenters. The van der Waals surface area contributed by atoms with Gasteiger partial charge in [0.25, 0.3) is 0 Å². The predicted molar refractivity (Wildman–Crippen MR) is 89.2 cm³/mol. The van der Waals surface area contributed by atoms with Gasteiger partial charge in [-0.1, -0.05) is 50.9 Å². The van der Waals surface area contributed by atoms with Crippen molar-refractivity contribution in [3.8, 4) is 0 Å². The van der Waals surface area contributed by atoms with Crippen molar-refractivity contribution in [3.63, 3.8) is 0 Å². The highest BCUT2D eigenvalue weighted by Gasteiger charge is 2.21. The van der Waals surface area contributed by atoms with Crippen LogP contribution in [0.5, 0.6) is 0 Å². The topological polar surface area (TPSA) is 24.9 Å². The molecule has 1 aromatic carbocycles. The molecule has 0 saturated heterocycles. The van der Waals surface area contributed by atoms with Crippen LogP contribution in [0.15, 0.2) is 12.1 Å². The van der Waals surface area contributed by atoms with E-state index in [1.165, 1.54) is 6.07 Å². The molecule has 21 heavy (non-hydrogen) atoms.